The molecule has 2 aliphatic carbocycles. The number of nitrogens with zero attached hydrogens (tertiary/aromatic N) is 2. The van der Waals surface area contributed by atoms with Crippen molar-refractivity contribution in [2.75, 3.05) is 59.1 Å². The van der Waals surface area contributed by atoms with Gasteiger partial charge in [-0.25, -0.2) is 0 Å². The second-order valence-corrected chi connectivity index (χ2v) is 16.0. The van der Waals surface area contributed by atoms with E-state index < -0.39 is 72.0 Å². The van der Waals surface area contributed by atoms with Crippen molar-refractivity contribution in [2.24, 2.45) is 29.6 Å². The average Bonchev–Trinajstić information content (AvgIpc) is 3.31. The Morgan fingerprint density at radius 1 is 0.904 bits per heavy atom. The van der Waals surface area contributed by atoms with Crippen LogP contribution in [0.5, 0.6) is 0 Å². The van der Waals surface area contributed by atoms with Gasteiger partial charge in [-0.1, -0.05) is 13.3 Å². The number of alkyl halides is 6. The maximum Gasteiger partial charge on any atom is 0.449 e. The van der Waals surface area contributed by atoms with Crippen molar-refractivity contribution in [1.29, 1.82) is 0 Å². The SMILES string of the molecule is C[C@@H]1CC[C@H]2C(COCCN3CCN(C/C(=C(/O)C(F)(F)F)[C@@H]4CCCC5CC[C@H](C)OC[C@@]54O)CC3)=C(C(F)(F)F)O[C@@H]3O[C@H](O)CC[C@@H]1[C@]32O. The molecule has 4 N–H and O–H groups in total. The van der Waals surface area contributed by atoms with Gasteiger partial charge in [-0.2, -0.15) is 26.3 Å². The van der Waals surface area contributed by atoms with Gasteiger partial charge in [0.2, 0.25) is 12.0 Å². The van der Waals surface area contributed by atoms with Crippen molar-refractivity contribution in [3.63, 3.8) is 0 Å². The quantitative estimate of drug-likeness (QED) is 0.152. The van der Waals surface area contributed by atoms with Crippen molar-refractivity contribution in [1.82, 2.24) is 9.80 Å². The molecule has 5 fully saturated rings. The topological polar surface area (TPSA) is 124 Å². The number of fused-ring (bicyclic) bond motifs is 1. The molecule has 3 saturated heterocycles. The summed E-state index contributed by atoms with van der Waals surface area (Å²) in [6.07, 6.45) is -8.62. The van der Waals surface area contributed by atoms with E-state index in [-0.39, 0.29) is 61.7 Å². The lowest BCUT2D eigenvalue weighted by molar-refractivity contribution is -0.320. The highest BCUT2D eigenvalue weighted by Crippen LogP contribution is 2.56. The fourth-order valence-corrected chi connectivity index (χ4v) is 9.96. The first-order valence-electron chi connectivity index (χ1n) is 18.8. The molecule has 4 aliphatic heterocycles. The molecule has 0 aromatic heterocycles. The number of rotatable bonds is 8. The van der Waals surface area contributed by atoms with Crippen LogP contribution in [-0.2, 0) is 18.9 Å². The van der Waals surface area contributed by atoms with Crippen LogP contribution in [0.25, 0.3) is 0 Å². The van der Waals surface area contributed by atoms with Crippen LogP contribution in [0, 0.1) is 29.6 Å². The van der Waals surface area contributed by atoms with Crippen LogP contribution < -0.4 is 0 Å². The van der Waals surface area contributed by atoms with Gasteiger partial charge >= 0.3 is 12.4 Å². The molecule has 0 amide bonds. The van der Waals surface area contributed by atoms with Crippen LogP contribution in [0.2, 0.25) is 0 Å². The third-order valence-electron chi connectivity index (χ3n) is 12.9. The number of aliphatic hydroxyl groups excluding tert-OH is 2. The number of allylic oxidation sites excluding steroid dienone is 2. The monoisotopic (exact) mass is 756 g/mol. The summed E-state index contributed by atoms with van der Waals surface area (Å²) in [6.45, 7) is 5.21. The smallest absolute Gasteiger partial charge is 0.449 e. The summed E-state index contributed by atoms with van der Waals surface area (Å²) in [5.41, 5.74) is -3.66. The molecule has 6 aliphatic rings. The number of hydrogen-bond acceptors (Lipinski definition) is 10. The van der Waals surface area contributed by atoms with Crippen LogP contribution in [0.4, 0.5) is 26.3 Å². The normalized spacial score (nSPS) is 40.2. The highest BCUT2D eigenvalue weighted by Gasteiger charge is 2.63. The Labute approximate surface area is 300 Å². The highest BCUT2D eigenvalue weighted by atomic mass is 19.4. The zero-order chi connectivity index (χ0) is 37.6. The van der Waals surface area contributed by atoms with Gasteiger partial charge in [0.05, 0.1) is 31.5 Å². The van der Waals surface area contributed by atoms with E-state index in [9.17, 15) is 46.8 Å². The van der Waals surface area contributed by atoms with Crippen LogP contribution in [0.15, 0.2) is 22.7 Å². The first kappa shape index (κ1) is 40.0. The van der Waals surface area contributed by atoms with Gasteiger partial charge in [0, 0.05) is 56.7 Å². The minimum Gasteiger partial charge on any atom is -0.504 e. The predicted molar refractivity (Wildman–Crippen MR) is 174 cm³/mol. The van der Waals surface area contributed by atoms with Crippen molar-refractivity contribution >= 4 is 0 Å². The van der Waals surface area contributed by atoms with Gasteiger partial charge in [-0.15, -0.1) is 0 Å². The molecule has 0 aromatic rings. The summed E-state index contributed by atoms with van der Waals surface area (Å²) in [4.78, 5) is 3.83. The standard InChI is InChI=1S/C36H54F6N2O8/c1-21-6-9-28-25(31(36(40,41)42)52-32-34(28,48)26(21)10-11-29(45)51-32)19-49-17-16-43-12-14-44(15-13-43)18-24(30(46)35(37,38)39)27-5-3-4-23-8-7-22(2)50-20-33(23,27)47/h21-23,26-29,32,45-48H,3-20H2,1-2H3/b30-24-/t21-,22+,23?,26+,27+,28+,29+,32+,33-,34-/m1/s1. The Bertz CT molecular complexity index is 1320. The minimum atomic E-state index is -4.97. The van der Waals surface area contributed by atoms with Gasteiger partial charge in [0.1, 0.15) is 5.60 Å². The molecule has 10 nitrogen and oxygen atoms in total. The van der Waals surface area contributed by atoms with E-state index in [0.29, 0.717) is 77.7 Å². The number of piperazine rings is 1. The van der Waals surface area contributed by atoms with Gasteiger partial charge in [-0.3, -0.25) is 9.80 Å². The minimum absolute atomic E-state index is 0.0162. The molecular weight excluding hydrogens is 702 g/mol. The second-order valence-electron chi connectivity index (χ2n) is 16.0. The maximum atomic E-state index is 14.3. The number of aliphatic hydroxyl groups is 4. The van der Waals surface area contributed by atoms with Gasteiger partial charge in [-0.05, 0) is 81.6 Å². The molecule has 0 spiro atoms. The Morgan fingerprint density at radius 3 is 2.31 bits per heavy atom. The predicted octanol–water partition coefficient (Wildman–Crippen LogP) is 5.04. The molecule has 298 valence electrons. The van der Waals surface area contributed by atoms with Gasteiger partial charge < -0.3 is 39.4 Å². The van der Waals surface area contributed by atoms with Gasteiger partial charge in [0.15, 0.2) is 12.0 Å². The Hall–Kier alpha value is -1.66. The Balaban J connectivity index is 1.08. The molecule has 52 heavy (non-hydrogen) atoms. The van der Waals surface area contributed by atoms with E-state index in [4.69, 9.17) is 18.9 Å². The third kappa shape index (κ3) is 8.00. The zero-order valence-electron chi connectivity index (χ0n) is 29.9. The Morgan fingerprint density at radius 2 is 1.62 bits per heavy atom. The largest absolute Gasteiger partial charge is 0.504 e. The Kier molecular flexibility index (Phi) is 11.9. The lowest BCUT2D eigenvalue weighted by atomic mass is 9.59. The van der Waals surface area contributed by atoms with Crippen molar-refractivity contribution in [3.05, 3.63) is 22.7 Å². The van der Waals surface area contributed by atoms with E-state index in [2.05, 4.69) is 0 Å². The fourth-order valence-electron chi connectivity index (χ4n) is 9.96. The van der Waals surface area contributed by atoms with E-state index in [1.807, 2.05) is 23.6 Å². The third-order valence-corrected chi connectivity index (χ3v) is 12.9. The number of hydrogen-bond donors (Lipinski definition) is 4. The first-order valence-corrected chi connectivity index (χ1v) is 18.8. The molecule has 0 bridgehead atoms. The molecule has 4 heterocycles. The second kappa shape index (κ2) is 15.5. The lowest BCUT2D eigenvalue weighted by Gasteiger charge is -2.54. The fraction of sp³-hybridized carbons (Fsp3) is 0.889. The summed E-state index contributed by atoms with van der Waals surface area (Å²) in [6, 6.07) is 0. The van der Waals surface area contributed by atoms with Crippen LogP contribution >= 0.6 is 0 Å². The maximum absolute atomic E-state index is 14.3. The molecule has 2 saturated carbocycles. The molecule has 10 atom stereocenters. The summed E-state index contributed by atoms with van der Waals surface area (Å²) in [5.74, 6) is -5.43. The molecule has 0 aromatic carbocycles. The van der Waals surface area contributed by atoms with Crippen LogP contribution in [0.3, 0.4) is 0 Å². The average molecular weight is 757 g/mol. The lowest BCUT2D eigenvalue weighted by Crippen LogP contribution is -2.63. The van der Waals surface area contributed by atoms with Crippen molar-refractivity contribution in [2.45, 2.75) is 114 Å². The highest BCUT2D eigenvalue weighted by molar-refractivity contribution is 5.28. The van der Waals surface area contributed by atoms with E-state index in [1.165, 1.54) is 0 Å². The summed E-state index contributed by atoms with van der Waals surface area (Å²) < 4.78 is 107. The summed E-state index contributed by atoms with van der Waals surface area (Å²) >= 11 is 0. The number of halogens is 6. The first-order chi connectivity index (χ1) is 24.4. The molecule has 6 rings (SSSR count). The number of ether oxygens (including phenoxy) is 4. The van der Waals surface area contributed by atoms with E-state index in [0.717, 1.165) is 0 Å². The summed E-state index contributed by atoms with van der Waals surface area (Å²) in [7, 11) is 0. The van der Waals surface area contributed by atoms with E-state index in [1.54, 1.807) is 0 Å². The molecule has 0 radical (unpaired) electrons. The van der Waals surface area contributed by atoms with Crippen LogP contribution in [0.1, 0.15) is 71.6 Å². The molecule has 16 heteroatoms. The van der Waals surface area contributed by atoms with E-state index >= 15 is 0 Å². The van der Waals surface area contributed by atoms with Crippen LogP contribution in [-0.4, -0.2) is 132 Å². The molecule has 1 unspecified atom stereocenters. The van der Waals surface area contributed by atoms with Gasteiger partial charge in [0.25, 0.3) is 0 Å². The molecular formula is C36H54F6N2O8. The van der Waals surface area contributed by atoms with Crippen molar-refractivity contribution < 1.29 is 65.7 Å². The van der Waals surface area contributed by atoms with Crippen molar-refractivity contribution in [3.8, 4) is 0 Å². The summed E-state index contributed by atoms with van der Waals surface area (Å²) in [5, 5.41) is 44.6. The zero-order valence-corrected chi connectivity index (χ0v) is 29.9.